The normalized spacial score (nSPS) is 14.7. The van der Waals surface area contributed by atoms with E-state index in [1.54, 1.807) is 0 Å². The molecule has 0 heterocycles. The maximum Gasteiger partial charge on any atom is 0.0625 e. The molecule has 0 radical (unpaired) electrons. The van der Waals surface area contributed by atoms with Crippen LogP contribution in [0.1, 0.15) is 12.5 Å². The number of hydrogen-bond donors (Lipinski definition) is 2. The second-order valence-electron chi connectivity index (χ2n) is 4.45. The Labute approximate surface area is 91.5 Å². The molecule has 0 saturated carbocycles. The van der Waals surface area contributed by atoms with Crippen molar-refractivity contribution in [1.29, 1.82) is 0 Å². The Morgan fingerprint density at radius 1 is 1.40 bits per heavy atom. The van der Waals surface area contributed by atoms with Gasteiger partial charge in [0, 0.05) is 19.3 Å². The Kier molecular flexibility index (Phi) is 3.72. The van der Waals surface area contributed by atoms with Crippen molar-refractivity contribution in [2.75, 3.05) is 25.1 Å². The van der Waals surface area contributed by atoms with Crippen LogP contribution in [0.4, 0.5) is 5.69 Å². The first-order valence-electron chi connectivity index (χ1n) is 5.13. The first-order chi connectivity index (χ1) is 6.96. The summed E-state index contributed by atoms with van der Waals surface area (Å²) >= 11 is 0. The molecule has 3 N–H and O–H groups in total. The van der Waals surface area contributed by atoms with Crippen LogP contribution >= 0.6 is 0 Å². The summed E-state index contributed by atoms with van der Waals surface area (Å²) in [7, 11) is 1.99. The molecule has 0 saturated heterocycles. The van der Waals surface area contributed by atoms with Gasteiger partial charge < -0.3 is 15.7 Å². The predicted octanol–water partition coefficient (Wildman–Crippen LogP) is 1.14. The van der Waals surface area contributed by atoms with Gasteiger partial charge in [-0.1, -0.05) is 18.2 Å². The number of para-hydroxylation sites is 1. The van der Waals surface area contributed by atoms with Crippen LogP contribution in [0.5, 0.6) is 0 Å². The van der Waals surface area contributed by atoms with Crippen LogP contribution in [0, 0.1) is 6.92 Å². The lowest BCUT2D eigenvalue weighted by Gasteiger charge is -2.30. The number of anilines is 1. The number of nitrogens with zero attached hydrogens (tertiary/aromatic N) is 1. The standard InChI is InChI=1S/C12H20N2O/c1-10-6-4-5-7-11(10)14(3)8-12(2,13)9-15/h4-7,15H,8-9,13H2,1-3H3. The molecule has 0 bridgehead atoms. The first-order valence-corrected chi connectivity index (χ1v) is 5.13. The van der Waals surface area contributed by atoms with Crippen molar-refractivity contribution in [2.24, 2.45) is 5.73 Å². The van der Waals surface area contributed by atoms with Gasteiger partial charge in [0.15, 0.2) is 0 Å². The first kappa shape index (κ1) is 12.0. The maximum atomic E-state index is 9.11. The molecular weight excluding hydrogens is 188 g/mol. The minimum Gasteiger partial charge on any atom is -0.394 e. The Balaban J connectivity index is 2.78. The van der Waals surface area contributed by atoms with E-state index < -0.39 is 5.54 Å². The van der Waals surface area contributed by atoms with E-state index in [2.05, 4.69) is 24.0 Å². The fourth-order valence-corrected chi connectivity index (χ4v) is 1.67. The zero-order chi connectivity index (χ0) is 11.5. The van der Waals surface area contributed by atoms with E-state index >= 15 is 0 Å². The van der Waals surface area contributed by atoms with E-state index in [4.69, 9.17) is 10.8 Å². The topological polar surface area (TPSA) is 49.5 Å². The lowest BCUT2D eigenvalue weighted by Crippen LogP contribution is -2.49. The molecule has 1 aromatic rings. The van der Waals surface area contributed by atoms with Crippen molar-refractivity contribution in [3.63, 3.8) is 0 Å². The third-order valence-corrected chi connectivity index (χ3v) is 2.49. The number of hydrogen-bond acceptors (Lipinski definition) is 3. The largest absolute Gasteiger partial charge is 0.394 e. The summed E-state index contributed by atoms with van der Waals surface area (Å²) < 4.78 is 0. The van der Waals surface area contributed by atoms with Crippen LogP contribution in [0.2, 0.25) is 0 Å². The predicted molar refractivity (Wildman–Crippen MR) is 64.1 cm³/mol. The number of aliphatic hydroxyl groups excluding tert-OH is 1. The smallest absolute Gasteiger partial charge is 0.0625 e. The van der Waals surface area contributed by atoms with Gasteiger partial charge in [-0.25, -0.2) is 0 Å². The molecule has 1 atom stereocenters. The molecule has 0 fully saturated rings. The van der Waals surface area contributed by atoms with Crippen LogP contribution in [-0.4, -0.2) is 30.8 Å². The number of rotatable bonds is 4. The highest BCUT2D eigenvalue weighted by Crippen LogP contribution is 2.19. The summed E-state index contributed by atoms with van der Waals surface area (Å²) in [6, 6.07) is 8.15. The zero-order valence-corrected chi connectivity index (χ0v) is 9.70. The molecule has 3 nitrogen and oxygen atoms in total. The summed E-state index contributed by atoms with van der Waals surface area (Å²) in [5.74, 6) is 0. The van der Waals surface area contributed by atoms with Gasteiger partial charge in [0.25, 0.3) is 0 Å². The Hall–Kier alpha value is -1.06. The van der Waals surface area contributed by atoms with Crippen LogP contribution in [0.15, 0.2) is 24.3 Å². The Bertz CT molecular complexity index is 323. The van der Waals surface area contributed by atoms with Gasteiger partial charge in [0.1, 0.15) is 0 Å². The van der Waals surface area contributed by atoms with Crippen LogP contribution in [0.25, 0.3) is 0 Å². The van der Waals surface area contributed by atoms with Gasteiger partial charge in [-0.2, -0.15) is 0 Å². The van der Waals surface area contributed by atoms with Crippen molar-refractivity contribution in [3.8, 4) is 0 Å². The molecule has 0 amide bonds. The van der Waals surface area contributed by atoms with E-state index in [-0.39, 0.29) is 6.61 Å². The van der Waals surface area contributed by atoms with Gasteiger partial charge in [-0.05, 0) is 25.5 Å². The molecule has 0 aromatic heterocycles. The van der Waals surface area contributed by atoms with E-state index in [0.29, 0.717) is 6.54 Å². The molecule has 0 aliphatic rings. The van der Waals surface area contributed by atoms with E-state index in [9.17, 15) is 0 Å². The van der Waals surface area contributed by atoms with E-state index in [1.807, 2.05) is 26.1 Å². The van der Waals surface area contributed by atoms with Crippen molar-refractivity contribution < 1.29 is 5.11 Å². The molecular formula is C12H20N2O. The van der Waals surface area contributed by atoms with Gasteiger partial charge in [0.05, 0.1) is 12.1 Å². The van der Waals surface area contributed by atoms with Gasteiger partial charge in [-0.3, -0.25) is 0 Å². The van der Waals surface area contributed by atoms with E-state index in [1.165, 1.54) is 5.56 Å². The third-order valence-electron chi connectivity index (χ3n) is 2.49. The molecule has 3 heteroatoms. The second kappa shape index (κ2) is 4.64. The average molecular weight is 208 g/mol. The molecule has 0 aliphatic carbocycles. The van der Waals surface area contributed by atoms with Crippen molar-refractivity contribution in [1.82, 2.24) is 0 Å². The van der Waals surface area contributed by atoms with Crippen molar-refractivity contribution >= 4 is 5.69 Å². The van der Waals surface area contributed by atoms with Gasteiger partial charge >= 0.3 is 0 Å². The molecule has 0 aliphatic heterocycles. The number of aryl methyl sites for hydroxylation is 1. The van der Waals surface area contributed by atoms with Crippen LogP contribution in [-0.2, 0) is 0 Å². The summed E-state index contributed by atoms with van der Waals surface area (Å²) in [5.41, 5.74) is 7.73. The SMILES string of the molecule is Cc1ccccc1N(C)CC(C)(N)CO. The second-order valence-corrected chi connectivity index (χ2v) is 4.45. The minimum absolute atomic E-state index is 0.0107. The lowest BCUT2D eigenvalue weighted by molar-refractivity contribution is 0.212. The number of benzene rings is 1. The highest BCUT2D eigenvalue weighted by atomic mass is 16.3. The summed E-state index contributed by atoms with van der Waals surface area (Å²) in [6.07, 6.45) is 0. The Morgan fingerprint density at radius 2 is 2.00 bits per heavy atom. The molecule has 1 aromatic carbocycles. The van der Waals surface area contributed by atoms with Gasteiger partial charge in [-0.15, -0.1) is 0 Å². The lowest BCUT2D eigenvalue weighted by atomic mass is 10.0. The summed E-state index contributed by atoms with van der Waals surface area (Å²) in [6.45, 7) is 4.54. The zero-order valence-electron chi connectivity index (χ0n) is 9.70. The van der Waals surface area contributed by atoms with Crippen molar-refractivity contribution in [2.45, 2.75) is 19.4 Å². The molecule has 1 unspecified atom stereocenters. The molecule has 1 rings (SSSR count). The maximum absolute atomic E-state index is 9.11. The monoisotopic (exact) mass is 208 g/mol. The summed E-state index contributed by atoms with van der Waals surface area (Å²) in [5, 5.41) is 9.11. The van der Waals surface area contributed by atoms with Gasteiger partial charge in [0.2, 0.25) is 0 Å². The molecule has 15 heavy (non-hydrogen) atoms. The van der Waals surface area contributed by atoms with E-state index in [0.717, 1.165) is 5.69 Å². The molecule has 84 valence electrons. The fraction of sp³-hybridized carbons (Fsp3) is 0.500. The minimum atomic E-state index is -0.559. The summed E-state index contributed by atoms with van der Waals surface area (Å²) in [4.78, 5) is 2.07. The quantitative estimate of drug-likeness (QED) is 0.780. The van der Waals surface area contributed by atoms with Crippen LogP contribution < -0.4 is 10.6 Å². The highest BCUT2D eigenvalue weighted by molar-refractivity contribution is 5.52. The number of nitrogens with two attached hydrogens (primary N) is 1. The number of aliphatic hydroxyl groups is 1. The number of likely N-dealkylation sites (N-methyl/N-ethyl adjacent to an activating group) is 1. The highest BCUT2D eigenvalue weighted by Gasteiger charge is 2.20. The molecule has 0 spiro atoms. The van der Waals surface area contributed by atoms with Crippen LogP contribution in [0.3, 0.4) is 0 Å². The third kappa shape index (κ3) is 3.22. The fourth-order valence-electron chi connectivity index (χ4n) is 1.67. The Morgan fingerprint density at radius 3 is 2.53 bits per heavy atom. The average Bonchev–Trinajstić information content (AvgIpc) is 2.17. The van der Waals surface area contributed by atoms with Crippen molar-refractivity contribution in [3.05, 3.63) is 29.8 Å².